The second-order valence-corrected chi connectivity index (χ2v) is 5.59. The molecule has 1 N–H and O–H groups in total. The molecule has 0 saturated carbocycles. The zero-order chi connectivity index (χ0) is 12.5. The van der Waals surface area contributed by atoms with Gasteiger partial charge in [0.1, 0.15) is 5.52 Å². The molecule has 0 fully saturated rings. The number of fused-ring (bicyclic) bond motifs is 1. The van der Waals surface area contributed by atoms with Crippen LogP contribution in [0.15, 0.2) is 29.1 Å². The highest BCUT2D eigenvalue weighted by Gasteiger charge is 2.10. The number of carbonyl (C=O) groups is 1. The van der Waals surface area contributed by atoms with Gasteiger partial charge >= 0.3 is 0 Å². The minimum absolute atomic E-state index is 0.125. The molecular weight excluding hydrogens is 266 g/mol. The van der Waals surface area contributed by atoms with Crippen LogP contribution in [0.4, 0.5) is 5.13 Å². The first-order chi connectivity index (χ1) is 8.72. The highest BCUT2D eigenvalue weighted by molar-refractivity contribution is 7.22. The lowest BCUT2D eigenvalue weighted by Crippen LogP contribution is -2.10. The molecule has 0 spiro atoms. The van der Waals surface area contributed by atoms with E-state index in [0.29, 0.717) is 10.7 Å². The first-order valence-electron chi connectivity index (χ1n) is 5.29. The Morgan fingerprint density at radius 3 is 3.11 bits per heavy atom. The van der Waals surface area contributed by atoms with E-state index in [0.717, 1.165) is 15.9 Å². The van der Waals surface area contributed by atoms with E-state index in [1.165, 1.54) is 22.7 Å². The van der Waals surface area contributed by atoms with Crippen LogP contribution in [0.1, 0.15) is 16.1 Å². The lowest BCUT2D eigenvalue weighted by atomic mass is 10.3. The van der Waals surface area contributed by atoms with Crippen molar-refractivity contribution in [3.63, 3.8) is 0 Å². The van der Waals surface area contributed by atoms with Crippen LogP contribution < -0.4 is 5.32 Å². The summed E-state index contributed by atoms with van der Waals surface area (Å²) in [5.74, 6) is -0.125. The molecule has 0 radical (unpaired) electrons. The number of rotatable bonds is 2. The summed E-state index contributed by atoms with van der Waals surface area (Å²) in [6.07, 6.45) is 1.72. The smallest absolute Gasteiger partial charge is 0.258 e. The van der Waals surface area contributed by atoms with E-state index < -0.39 is 0 Å². The Balaban J connectivity index is 1.89. The number of thiophene rings is 1. The minimum atomic E-state index is -0.125. The molecule has 0 unspecified atom stereocenters. The van der Waals surface area contributed by atoms with Gasteiger partial charge in [0, 0.05) is 11.1 Å². The standard InChI is InChI=1S/C12H9N3OS2/c1-7-4-10-9(5-13-7)14-12(18-10)15-11(16)8-2-3-17-6-8/h2-6H,1H3,(H,14,15,16). The Labute approximate surface area is 111 Å². The van der Waals surface area contributed by atoms with Gasteiger partial charge < -0.3 is 0 Å². The molecule has 6 heteroatoms. The van der Waals surface area contributed by atoms with Gasteiger partial charge in [0.25, 0.3) is 5.91 Å². The van der Waals surface area contributed by atoms with Gasteiger partial charge in [-0.3, -0.25) is 15.1 Å². The Bertz CT molecular complexity index is 703. The van der Waals surface area contributed by atoms with Gasteiger partial charge in [-0.1, -0.05) is 11.3 Å². The van der Waals surface area contributed by atoms with Crippen LogP contribution in [0.25, 0.3) is 10.2 Å². The van der Waals surface area contributed by atoms with Crippen molar-refractivity contribution in [3.05, 3.63) is 40.3 Å². The van der Waals surface area contributed by atoms with Crippen molar-refractivity contribution in [1.82, 2.24) is 9.97 Å². The average Bonchev–Trinajstić information content (AvgIpc) is 2.95. The van der Waals surface area contributed by atoms with Crippen molar-refractivity contribution in [2.24, 2.45) is 0 Å². The van der Waals surface area contributed by atoms with Crippen molar-refractivity contribution in [2.45, 2.75) is 6.92 Å². The molecule has 4 nitrogen and oxygen atoms in total. The van der Waals surface area contributed by atoms with E-state index in [1.807, 2.05) is 23.8 Å². The van der Waals surface area contributed by atoms with Crippen molar-refractivity contribution in [3.8, 4) is 0 Å². The fraction of sp³-hybridized carbons (Fsp3) is 0.0833. The molecule has 0 aliphatic carbocycles. The number of nitrogens with one attached hydrogen (secondary N) is 1. The van der Waals surface area contributed by atoms with E-state index in [2.05, 4.69) is 15.3 Å². The molecule has 0 bridgehead atoms. The predicted molar refractivity (Wildman–Crippen MR) is 74.4 cm³/mol. The Hall–Kier alpha value is -1.79. The number of pyridine rings is 1. The molecule has 0 aliphatic rings. The van der Waals surface area contributed by atoms with Gasteiger partial charge in [0.2, 0.25) is 0 Å². The fourth-order valence-electron chi connectivity index (χ4n) is 1.55. The van der Waals surface area contributed by atoms with E-state index in [4.69, 9.17) is 0 Å². The lowest BCUT2D eigenvalue weighted by molar-refractivity contribution is 0.102. The van der Waals surface area contributed by atoms with Gasteiger partial charge in [-0.2, -0.15) is 11.3 Å². The Morgan fingerprint density at radius 2 is 2.33 bits per heavy atom. The maximum Gasteiger partial charge on any atom is 0.258 e. The predicted octanol–water partition coefficient (Wildman–Crippen LogP) is 3.31. The number of aromatic nitrogens is 2. The highest BCUT2D eigenvalue weighted by atomic mass is 32.1. The number of anilines is 1. The quantitative estimate of drug-likeness (QED) is 0.780. The first-order valence-corrected chi connectivity index (χ1v) is 7.05. The van der Waals surface area contributed by atoms with Crippen LogP contribution in [-0.4, -0.2) is 15.9 Å². The molecule has 0 atom stereocenters. The largest absolute Gasteiger partial charge is 0.298 e. The van der Waals surface area contributed by atoms with Crippen molar-refractivity contribution < 1.29 is 4.79 Å². The van der Waals surface area contributed by atoms with Crippen LogP contribution in [0, 0.1) is 6.92 Å². The van der Waals surface area contributed by atoms with Crippen molar-refractivity contribution in [1.29, 1.82) is 0 Å². The summed E-state index contributed by atoms with van der Waals surface area (Å²) in [4.78, 5) is 20.4. The number of nitrogens with zero attached hydrogens (tertiary/aromatic N) is 2. The van der Waals surface area contributed by atoms with E-state index in [1.54, 1.807) is 12.3 Å². The van der Waals surface area contributed by atoms with Crippen LogP contribution in [0.3, 0.4) is 0 Å². The average molecular weight is 275 g/mol. The molecule has 3 heterocycles. The zero-order valence-corrected chi connectivity index (χ0v) is 11.1. The number of hydrogen-bond acceptors (Lipinski definition) is 5. The molecule has 90 valence electrons. The first kappa shape index (κ1) is 11.3. The van der Waals surface area contributed by atoms with Crippen LogP contribution >= 0.6 is 22.7 Å². The number of carbonyl (C=O) groups excluding carboxylic acids is 1. The van der Waals surface area contributed by atoms with E-state index in [-0.39, 0.29) is 5.91 Å². The topological polar surface area (TPSA) is 54.9 Å². The van der Waals surface area contributed by atoms with E-state index in [9.17, 15) is 4.79 Å². The number of aryl methyl sites for hydroxylation is 1. The van der Waals surface area contributed by atoms with Gasteiger partial charge in [-0.05, 0) is 24.4 Å². The summed E-state index contributed by atoms with van der Waals surface area (Å²) < 4.78 is 1.03. The van der Waals surface area contributed by atoms with Gasteiger partial charge in [0.05, 0.1) is 16.5 Å². The fourth-order valence-corrected chi connectivity index (χ4v) is 3.11. The monoisotopic (exact) mass is 275 g/mol. The number of amides is 1. The maximum absolute atomic E-state index is 11.9. The molecule has 0 saturated heterocycles. The SMILES string of the molecule is Cc1cc2sc(NC(=O)c3ccsc3)nc2cn1. The van der Waals surface area contributed by atoms with Crippen LogP contribution in [-0.2, 0) is 0 Å². The number of thiazole rings is 1. The summed E-state index contributed by atoms with van der Waals surface area (Å²) in [6, 6.07) is 3.76. The third-order valence-corrected chi connectivity index (χ3v) is 4.03. The third-order valence-electron chi connectivity index (χ3n) is 2.42. The maximum atomic E-state index is 11.9. The zero-order valence-electron chi connectivity index (χ0n) is 9.51. The van der Waals surface area contributed by atoms with E-state index >= 15 is 0 Å². The molecular formula is C12H9N3OS2. The summed E-state index contributed by atoms with van der Waals surface area (Å²) in [7, 11) is 0. The van der Waals surface area contributed by atoms with Crippen molar-refractivity contribution in [2.75, 3.05) is 5.32 Å². The van der Waals surface area contributed by atoms with Crippen LogP contribution in [0.2, 0.25) is 0 Å². The summed E-state index contributed by atoms with van der Waals surface area (Å²) in [5, 5.41) is 7.10. The van der Waals surface area contributed by atoms with Crippen LogP contribution in [0.5, 0.6) is 0 Å². The lowest BCUT2D eigenvalue weighted by Gasteiger charge is -1.97. The molecule has 3 rings (SSSR count). The van der Waals surface area contributed by atoms with Gasteiger partial charge in [0.15, 0.2) is 5.13 Å². The molecule has 18 heavy (non-hydrogen) atoms. The third kappa shape index (κ3) is 2.12. The Morgan fingerprint density at radius 1 is 1.44 bits per heavy atom. The molecule has 0 aliphatic heterocycles. The summed E-state index contributed by atoms with van der Waals surface area (Å²) in [5.41, 5.74) is 2.42. The molecule has 1 amide bonds. The van der Waals surface area contributed by atoms with Crippen molar-refractivity contribution >= 4 is 43.9 Å². The Kier molecular flexibility index (Phi) is 2.81. The number of hydrogen-bond donors (Lipinski definition) is 1. The van der Waals surface area contributed by atoms with Gasteiger partial charge in [-0.25, -0.2) is 4.98 Å². The summed E-state index contributed by atoms with van der Waals surface area (Å²) in [6.45, 7) is 1.93. The highest BCUT2D eigenvalue weighted by Crippen LogP contribution is 2.26. The molecule has 0 aromatic carbocycles. The minimum Gasteiger partial charge on any atom is -0.298 e. The molecule has 3 aromatic heterocycles. The second-order valence-electron chi connectivity index (χ2n) is 3.78. The summed E-state index contributed by atoms with van der Waals surface area (Å²) >= 11 is 2.96. The van der Waals surface area contributed by atoms with Gasteiger partial charge in [-0.15, -0.1) is 0 Å². The normalized spacial score (nSPS) is 10.7. The molecule has 3 aromatic rings. The second kappa shape index (κ2) is 4.47.